The minimum Gasteiger partial charge on any atom is -0.366 e. The fraction of sp³-hybridized carbons (Fsp3) is 0.0588. The molecule has 0 aliphatic rings. The lowest BCUT2D eigenvalue weighted by Crippen LogP contribution is -2.04. The van der Waals surface area contributed by atoms with Crippen LogP contribution in [0.1, 0.15) is 0 Å². The van der Waals surface area contributed by atoms with Crippen molar-refractivity contribution >= 4 is 5.82 Å². The zero-order valence-corrected chi connectivity index (χ0v) is 12.0. The van der Waals surface area contributed by atoms with Crippen LogP contribution in [-0.2, 0) is 0 Å². The van der Waals surface area contributed by atoms with Gasteiger partial charge in [-0.1, -0.05) is 12.1 Å². The Bertz CT molecular complexity index is 699. The van der Waals surface area contributed by atoms with Gasteiger partial charge >= 0.3 is 0 Å². The SMILES string of the molecule is C=CCNc1cc(-c2cccnc2)nc(-c2ccccn2)n1. The van der Waals surface area contributed by atoms with Gasteiger partial charge in [0.25, 0.3) is 0 Å². The molecule has 22 heavy (non-hydrogen) atoms. The van der Waals surface area contributed by atoms with Crippen molar-refractivity contribution in [2.45, 2.75) is 0 Å². The number of hydrogen-bond acceptors (Lipinski definition) is 5. The molecule has 0 aromatic carbocycles. The van der Waals surface area contributed by atoms with Crippen LogP contribution in [0.2, 0.25) is 0 Å². The molecule has 108 valence electrons. The molecule has 0 amide bonds. The summed E-state index contributed by atoms with van der Waals surface area (Å²) >= 11 is 0. The van der Waals surface area contributed by atoms with E-state index in [1.165, 1.54) is 0 Å². The van der Waals surface area contributed by atoms with Crippen LogP contribution >= 0.6 is 0 Å². The van der Waals surface area contributed by atoms with Gasteiger partial charge in [0.15, 0.2) is 5.82 Å². The number of nitrogens with one attached hydrogen (secondary N) is 1. The molecule has 0 atom stereocenters. The molecular weight excluding hydrogens is 274 g/mol. The predicted molar refractivity (Wildman–Crippen MR) is 87.2 cm³/mol. The molecule has 0 saturated heterocycles. The fourth-order valence-corrected chi connectivity index (χ4v) is 1.99. The van der Waals surface area contributed by atoms with Crippen LogP contribution in [0.5, 0.6) is 0 Å². The molecule has 3 heterocycles. The van der Waals surface area contributed by atoms with Crippen LogP contribution < -0.4 is 5.32 Å². The lowest BCUT2D eigenvalue weighted by molar-refractivity contribution is 1.12. The van der Waals surface area contributed by atoms with E-state index < -0.39 is 0 Å². The minimum atomic E-state index is 0.577. The molecule has 3 aromatic rings. The highest BCUT2D eigenvalue weighted by atomic mass is 15.0. The van der Waals surface area contributed by atoms with Gasteiger partial charge in [-0.3, -0.25) is 9.97 Å². The summed E-state index contributed by atoms with van der Waals surface area (Å²) < 4.78 is 0. The maximum atomic E-state index is 4.60. The monoisotopic (exact) mass is 289 g/mol. The van der Waals surface area contributed by atoms with Gasteiger partial charge in [0.2, 0.25) is 0 Å². The molecule has 0 spiro atoms. The minimum absolute atomic E-state index is 0.577. The number of hydrogen-bond donors (Lipinski definition) is 1. The first-order valence-corrected chi connectivity index (χ1v) is 6.92. The zero-order chi connectivity index (χ0) is 15.2. The number of nitrogens with zero attached hydrogens (tertiary/aromatic N) is 4. The van der Waals surface area contributed by atoms with Crippen molar-refractivity contribution in [2.75, 3.05) is 11.9 Å². The van der Waals surface area contributed by atoms with Gasteiger partial charge in [-0.15, -0.1) is 6.58 Å². The molecule has 0 saturated carbocycles. The summed E-state index contributed by atoms with van der Waals surface area (Å²) in [5.74, 6) is 1.31. The number of anilines is 1. The molecule has 3 rings (SSSR count). The first kappa shape index (κ1) is 13.9. The normalized spacial score (nSPS) is 10.2. The van der Waals surface area contributed by atoms with Crippen LogP contribution in [-0.4, -0.2) is 26.5 Å². The molecule has 0 fully saturated rings. The van der Waals surface area contributed by atoms with E-state index >= 15 is 0 Å². The smallest absolute Gasteiger partial charge is 0.180 e. The topological polar surface area (TPSA) is 63.6 Å². The van der Waals surface area contributed by atoms with Crippen molar-refractivity contribution in [3.05, 3.63) is 67.6 Å². The molecule has 0 radical (unpaired) electrons. The second-order valence-electron chi connectivity index (χ2n) is 4.59. The van der Waals surface area contributed by atoms with Gasteiger partial charge < -0.3 is 5.32 Å². The summed E-state index contributed by atoms with van der Waals surface area (Å²) in [5.41, 5.74) is 2.47. The van der Waals surface area contributed by atoms with E-state index in [9.17, 15) is 0 Å². The van der Waals surface area contributed by atoms with Gasteiger partial charge in [0.1, 0.15) is 11.5 Å². The van der Waals surface area contributed by atoms with Crippen LogP contribution in [0, 0.1) is 0 Å². The van der Waals surface area contributed by atoms with Gasteiger partial charge in [-0.25, -0.2) is 9.97 Å². The Kier molecular flexibility index (Phi) is 4.15. The van der Waals surface area contributed by atoms with Gasteiger partial charge in [0, 0.05) is 36.8 Å². The summed E-state index contributed by atoms with van der Waals surface area (Å²) in [6.45, 7) is 4.34. The van der Waals surface area contributed by atoms with Crippen LogP contribution in [0.15, 0.2) is 67.6 Å². The van der Waals surface area contributed by atoms with E-state index in [2.05, 4.69) is 31.8 Å². The molecular formula is C17H15N5. The van der Waals surface area contributed by atoms with Crippen molar-refractivity contribution in [3.8, 4) is 22.8 Å². The highest BCUT2D eigenvalue weighted by Crippen LogP contribution is 2.22. The predicted octanol–water partition coefficient (Wildman–Crippen LogP) is 3.20. The van der Waals surface area contributed by atoms with E-state index in [0.29, 0.717) is 12.4 Å². The second-order valence-corrected chi connectivity index (χ2v) is 4.59. The van der Waals surface area contributed by atoms with E-state index in [0.717, 1.165) is 22.8 Å². The summed E-state index contributed by atoms with van der Waals surface area (Å²) in [6.07, 6.45) is 7.03. The molecule has 0 unspecified atom stereocenters. The summed E-state index contributed by atoms with van der Waals surface area (Å²) in [7, 11) is 0. The molecule has 1 N–H and O–H groups in total. The van der Waals surface area contributed by atoms with E-state index in [1.54, 1.807) is 24.7 Å². The highest BCUT2D eigenvalue weighted by molar-refractivity contribution is 5.65. The Morgan fingerprint density at radius 1 is 1.05 bits per heavy atom. The van der Waals surface area contributed by atoms with E-state index in [1.807, 2.05) is 36.4 Å². The van der Waals surface area contributed by atoms with Gasteiger partial charge in [-0.2, -0.15) is 0 Å². The fourth-order valence-electron chi connectivity index (χ4n) is 1.99. The van der Waals surface area contributed by atoms with Crippen molar-refractivity contribution < 1.29 is 0 Å². The maximum Gasteiger partial charge on any atom is 0.180 e. The zero-order valence-electron chi connectivity index (χ0n) is 12.0. The second kappa shape index (κ2) is 6.58. The molecule has 0 aliphatic carbocycles. The van der Waals surface area contributed by atoms with Crippen LogP contribution in [0.4, 0.5) is 5.82 Å². The highest BCUT2D eigenvalue weighted by Gasteiger charge is 2.09. The average molecular weight is 289 g/mol. The lowest BCUT2D eigenvalue weighted by atomic mass is 10.2. The molecule has 0 aliphatic heterocycles. The van der Waals surface area contributed by atoms with Crippen molar-refractivity contribution in [1.82, 2.24) is 19.9 Å². The molecule has 5 heteroatoms. The van der Waals surface area contributed by atoms with Gasteiger partial charge in [-0.05, 0) is 24.3 Å². The van der Waals surface area contributed by atoms with Crippen LogP contribution in [0.25, 0.3) is 22.8 Å². The molecule has 5 nitrogen and oxygen atoms in total. The number of rotatable bonds is 5. The third-order valence-electron chi connectivity index (χ3n) is 3.00. The summed E-state index contributed by atoms with van der Waals surface area (Å²) in [6, 6.07) is 11.4. The number of aromatic nitrogens is 4. The molecule has 0 bridgehead atoms. The van der Waals surface area contributed by atoms with Gasteiger partial charge in [0.05, 0.1) is 5.69 Å². The third-order valence-corrected chi connectivity index (χ3v) is 3.00. The summed E-state index contributed by atoms with van der Waals surface area (Å²) in [4.78, 5) is 17.6. The molecule has 3 aromatic heterocycles. The van der Waals surface area contributed by atoms with Crippen LogP contribution in [0.3, 0.4) is 0 Å². The maximum absolute atomic E-state index is 4.60. The Hall–Kier alpha value is -3.08. The quantitative estimate of drug-likeness (QED) is 0.731. The van der Waals surface area contributed by atoms with Crippen molar-refractivity contribution in [1.29, 1.82) is 0 Å². The summed E-state index contributed by atoms with van der Waals surface area (Å²) in [5, 5.41) is 3.20. The van der Waals surface area contributed by atoms with Crippen molar-refractivity contribution in [3.63, 3.8) is 0 Å². The third kappa shape index (κ3) is 3.15. The average Bonchev–Trinajstić information content (AvgIpc) is 2.61. The Labute approximate surface area is 128 Å². The standard InChI is InChI=1S/C17H15N5/c1-2-8-20-16-11-15(13-6-5-9-18-12-13)21-17(22-16)14-7-3-4-10-19-14/h2-7,9-12H,1,8H2,(H,20,21,22). The largest absolute Gasteiger partial charge is 0.366 e. The lowest BCUT2D eigenvalue weighted by Gasteiger charge is -2.08. The first-order chi connectivity index (χ1) is 10.9. The Morgan fingerprint density at radius 3 is 2.73 bits per heavy atom. The van der Waals surface area contributed by atoms with E-state index in [4.69, 9.17) is 0 Å². The van der Waals surface area contributed by atoms with Crippen molar-refractivity contribution in [2.24, 2.45) is 0 Å². The first-order valence-electron chi connectivity index (χ1n) is 6.92. The number of pyridine rings is 2. The Morgan fingerprint density at radius 2 is 2.00 bits per heavy atom. The Balaban J connectivity index is 2.08. The van der Waals surface area contributed by atoms with E-state index in [-0.39, 0.29) is 0 Å².